The zero-order valence-electron chi connectivity index (χ0n) is 56.5. The Morgan fingerprint density at radius 1 is 0.353 bits per heavy atom. The fraction of sp³-hybridized carbons (Fsp3) is 0.803. The predicted octanol–water partition coefficient (Wildman–Crippen LogP) is 22.5. The molecule has 494 valence electrons. The highest BCUT2D eigenvalue weighted by Crippen LogP contribution is 2.18. The number of carbonyl (C=O) groups is 3. The van der Waals surface area contributed by atoms with Crippen LogP contribution < -0.4 is 0 Å². The van der Waals surface area contributed by atoms with Gasteiger partial charge in [-0.2, -0.15) is 0 Å². The first-order valence-corrected chi connectivity index (χ1v) is 36.1. The molecule has 0 heterocycles. The molecule has 0 rings (SSSR count). The number of hydrogen-bond donors (Lipinski definition) is 1. The van der Waals surface area contributed by atoms with Gasteiger partial charge in [-0.3, -0.25) is 9.59 Å². The largest absolute Gasteiger partial charge is 0.477 e. The number of esters is 2. The van der Waals surface area contributed by atoms with Gasteiger partial charge in [0.05, 0.1) is 34.4 Å². The monoisotopic (exact) mass is 1190 g/mol. The highest BCUT2D eigenvalue weighted by atomic mass is 16.7. The molecule has 0 saturated carbocycles. The van der Waals surface area contributed by atoms with Crippen LogP contribution in [0, 0.1) is 0 Å². The number of unbranched alkanes of at least 4 members (excludes halogenated alkanes) is 40. The molecule has 9 heteroatoms. The van der Waals surface area contributed by atoms with Crippen LogP contribution in [-0.2, 0) is 33.3 Å². The van der Waals surface area contributed by atoms with E-state index in [0.29, 0.717) is 17.4 Å². The molecule has 0 fully saturated rings. The highest BCUT2D eigenvalue weighted by molar-refractivity contribution is 5.71. The van der Waals surface area contributed by atoms with E-state index >= 15 is 0 Å². The van der Waals surface area contributed by atoms with Crippen LogP contribution in [0.3, 0.4) is 0 Å². The smallest absolute Gasteiger partial charge is 0.361 e. The van der Waals surface area contributed by atoms with Crippen molar-refractivity contribution in [3.8, 4) is 0 Å². The molecule has 0 aliphatic heterocycles. The summed E-state index contributed by atoms with van der Waals surface area (Å²) in [6.07, 6.45) is 85.9. The van der Waals surface area contributed by atoms with Crippen LogP contribution in [0.15, 0.2) is 72.9 Å². The Hall–Kier alpha value is -3.27. The van der Waals surface area contributed by atoms with E-state index in [2.05, 4.69) is 86.8 Å². The molecule has 1 N–H and O–H groups in total. The van der Waals surface area contributed by atoms with Gasteiger partial charge in [0.1, 0.15) is 13.2 Å². The van der Waals surface area contributed by atoms with Crippen molar-refractivity contribution in [2.24, 2.45) is 0 Å². The zero-order chi connectivity index (χ0) is 61.9. The maximum atomic E-state index is 13.0. The molecule has 0 aliphatic rings. The van der Waals surface area contributed by atoms with Gasteiger partial charge in [0.25, 0.3) is 6.29 Å². The normalized spacial score (nSPS) is 13.1. The number of carboxylic acids is 1. The van der Waals surface area contributed by atoms with Crippen molar-refractivity contribution in [1.82, 2.24) is 0 Å². The molecule has 0 aliphatic carbocycles. The van der Waals surface area contributed by atoms with Gasteiger partial charge in [0.2, 0.25) is 0 Å². The summed E-state index contributed by atoms with van der Waals surface area (Å²) in [4.78, 5) is 37.6. The summed E-state index contributed by atoms with van der Waals surface area (Å²) >= 11 is 0. The van der Waals surface area contributed by atoms with Gasteiger partial charge in [-0.1, -0.05) is 305 Å². The second-order valence-electron chi connectivity index (χ2n) is 25.5. The number of carbonyl (C=O) groups excluding carboxylic acids is 2. The molecule has 9 nitrogen and oxygen atoms in total. The number of hydrogen-bond acceptors (Lipinski definition) is 7. The van der Waals surface area contributed by atoms with E-state index in [1.54, 1.807) is 0 Å². The molecule has 0 radical (unpaired) electrons. The average molecular weight is 1190 g/mol. The van der Waals surface area contributed by atoms with Gasteiger partial charge in [-0.15, -0.1) is 0 Å². The first kappa shape index (κ1) is 81.7. The summed E-state index contributed by atoms with van der Waals surface area (Å²) in [5, 5.41) is 9.75. The van der Waals surface area contributed by atoms with Crippen molar-refractivity contribution in [1.29, 1.82) is 0 Å². The third kappa shape index (κ3) is 68.1. The number of ether oxygens (including phenoxy) is 4. The molecule has 0 saturated heterocycles. The molecular weight excluding hydrogens is 1050 g/mol. The maximum absolute atomic E-state index is 13.0. The van der Waals surface area contributed by atoms with Crippen molar-refractivity contribution in [2.75, 3.05) is 47.5 Å². The number of allylic oxidation sites excluding steroid dienone is 12. The fourth-order valence-electron chi connectivity index (χ4n) is 10.4. The Labute approximate surface area is 526 Å². The summed E-state index contributed by atoms with van der Waals surface area (Å²) in [7, 11) is 5.98. The van der Waals surface area contributed by atoms with Crippen LogP contribution in [0.25, 0.3) is 0 Å². The van der Waals surface area contributed by atoms with Crippen molar-refractivity contribution < 1.29 is 42.9 Å². The Morgan fingerprint density at radius 3 is 0.941 bits per heavy atom. The Balaban J connectivity index is 4.09. The first-order valence-electron chi connectivity index (χ1n) is 36.1. The second-order valence-corrected chi connectivity index (χ2v) is 25.5. The summed E-state index contributed by atoms with van der Waals surface area (Å²) < 4.78 is 23.0. The van der Waals surface area contributed by atoms with Crippen LogP contribution in [0.5, 0.6) is 0 Å². The molecule has 0 spiro atoms. The van der Waals surface area contributed by atoms with Crippen molar-refractivity contribution in [2.45, 2.75) is 347 Å². The second kappa shape index (κ2) is 66.7. The van der Waals surface area contributed by atoms with Crippen LogP contribution in [0.2, 0.25) is 0 Å². The van der Waals surface area contributed by atoms with Gasteiger partial charge < -0.3 is 28.5 Å². The molecule has 0 aromatic heterocycles. The minimum atomic E-state index is -1.51. The van der Waals surface area contributed by atoms with E-state index in [-0.39, 0.29) is 32.2 Å². The van der Waals surface area contributed by atoms with E-state index in [9.17, 15) is 19.5 Å². The van der Waals surface area contributed by atoms with Gasteiger partial charge in [0.15, 0.2) is 6.10 Å². The summed E-state index contributed by atoms with van der Waals surface area (Å²) in [5.41, 5.74) is 0. The molecular formula is C76H138NO8+. The van der Waals surface area contributed by atoms with E-state index in [1.807, 2.05) is 21.1 Å². The molecule has 0 amide bonds. The van der Waals surface area contributed by atoms with Gasteiger partial charge in [-0.25, -0.2) is 4.79 Å². The fourth-order valence-corrected chi connectivity index (χ4v) is 10.4. The van der Waals surface area contributed by atoms with Crippen molar-refractivity contribution >= 4 is 17.9 Å². The van der Waals surface area contributed by atoms with Crippen LogP contribution in [-0.4, -0.2) is 87.4 Å². The number of carboxylic acid groups (broad SMARTS) is 1. The highest BCUT2D eigenvalue weighted by Gasteiger charge is 2.25. The van der Waals surface area contributed by atoms with E-state index in [0.717, 1.165) is 64.2 Å². The summed E-state index contributed by atoms with van der Waals surface area (Å²) in [6, 6.07) is 0. The van der Waals surface area contributed by atoms with Crippen LogP contribution >= 0.6 is 0 Å². The quantitative estimate of drug-likeness (QED) is 0.0211. The maximum Gasteiger partial charge on any atom is 0.361 e. The third-order valence-corrected chi connectivity index (χ3v) is 15.9. The van der Waals surface area contributed by atoms with E-state index in [4.69, 9.17) is 18.9 Å². The Morgan fingerprint density at radius 2 is 0.635 bits per heavy atom. The van der Waals surface area contributed by atoms with Crippen LogP contribution in [0.4, 0.5) is 0 Å². The van der Waals surface area contributed by atoms with Gasteiger partial charge in [0, 0.05) is 12.8 Å². The predicted molar refractivity (Wildman–Crippen MR) is 364 cm³/mol. The first-order chi connectivity index (χ1) is 41.6. The lowest BCUT2D eigenvalue weighted by Crippen LogP contribution is -2.40. The number of quaternary nitrogens is 1. The lowest BCUT2D eigenvalue weighted by Gasteiger charge is -2.25. The Bertz CT molecular complexity index is 1620. The molecule has 0 bridgehead atoms. The summed E-state index contributed by atoms with van der Waals surface area (Å²) in [5.74, 6) is -1.99. The minimum absolute atomic E-state index is 0.182. The minimum Gasteiger partial charge on any atom is -0.477 e. The number of likely N-dealkylation sites (N-methyl/N-ethyl adjacent to an activating group) is 1. The number of nitrogens with zero attached hydrogens (tertiary/aromatic N) is 1. The SMILES string of the molecule is CCCCCCC/C=C\C/C=C\C/C=C\CCCCCCCCCCCCCCCCCCCCC(=O)OC(COC(=O)CCCCCCCCCCCCCC/C=C\C/C=C\C/C=C\CCCCCCC)COC(OCC[N+](C)(C)C)C(=O)O. The van der Waals surface area contributed by atoms with E-state index < -0.39 is 24.3 Å². The lowest BCUT2D eigenvalue weighted by atomic mass is 10.0. The average Bonchev–Trinajstić information content (AvgIpc) is 3.49. The van der Waals surface area contributed by atoms with Gasteiger partial charge in [-0.05, 0) is 89.9 Å². The van der Waals surface area contributed by atoms with Crippen molar-refractivity contribution in [3.05, 3.63) is 72.9 Å². The summed E-state index contributed by atoms with van der Waals surface area (Å²) in [6.45, 7) is 4.89. The lowest BCUT2D eigenvalue weighted by molar-refractivity contribution is -0.870. The number of rotatable bonds is 67. The standard InChI is InChI=1S/C76H137NO8/c1-6-8-10-12-14-16-18-20-22-24-26-28-30-32-34-35-36-37-38-39-41-43-45-47-49-51-53-55-57-59-61-63-65-67-74(79)85-72(71-84-76(75(80)81)82-69-68-77(3,4)5)70-83-73(78)66-64-62-60-58-56-54-52-50-48-46-44-42-40-33-31-29-27-25-23-21-19-17-15-13-11-9-7-2/h18-21,24-27,30-33,72,76H,6-17,22-23,28-29,34-71H2,1-5H3/p+1/b20-18-,21-19-,26-24-,27-25-,32-30-,33-31-. The zero-order valence-corrected chi connectivity index (χ0v) is 56.5. The molecule has 2 atom stereocenters. The third-order valence-electron chi connectivity index (χ3n) is 15.9. The molecule has 0 aromatic carbocycles. The number of aliphatic carboxylic acids is 1. The molecule has 2 unspecified atom stereocenters. The molecule has 85 heavy (non-hydrogen) atoms. The topological polar surface area (TPSA) is 108 Å². The van der Waals surface area contributed by atoms with Gasteiger partial charge >= 0.3 is 17.9 Å². The Kier molecular flexibility index (Phi) is 64.1. The molecule has 0 aromatic rings. The van der Waals surface area contributed by atoms with Crippen LogP contribution in [0.1, 0.15) is 335 Å². The van der Waals surface area contributed by atoms with Crippen molar-refractivity contribution in [3.63, 3.8) is 0 Å². The van der Waals surface area contributed by atoms with E-state index in [1.165, 1.54) is 244 Å².